The lowest BCUT2D eigenvalue weighted by Gasteiger charge is -2.36. The standard InChI is InChI=1S/C27H32N2O6/c1-2-18(15-24(30)31)29-25(32)27(11-13-34-14-12-27)17-28-26(33)35-16-23-21-9-5-3-7-19(21)20-8-4-6-10-22(20)23/h3-10,18,23H,2,11-17H2,1H3,(H,28,33)(H,29,32)(H,30,31)/t18-/m0/s1. The summed E-state index contributed by atoms with van der Waals surface area (Å²) in [5.74, 6) is -1.27. The van der Waals surface area contributed by atoms with Crippen LogP contribution in [0.25, 0.3) is 11.1 Å². The SMILES string of the molecule is CC[C@@H](CC(=O)O)NC(=O)C1(CNC(=O)OCC2c3ccccc3-c3ccccc32)CCOCC1. The second kappa shape index (κ2) is 10.9. The first-order valence-electron chi connectivity index (χ1n) is 12.1. The molecule has 0 radical (unpaired) electrons. The smallest absolute Gasteiger partial charge is 0.407 e. The summed E-state index contributed by atoms with van der Waals surface area (Å²) in [6, 6.07) is 15.8. The lowest BCUT2D eigenvalue weighted by atomic mass is 9.78. The Bertz CT molecular complexity index is 1030. The third-order valence-electron chi connectivity index (χ3n) is 7.10. The molecule has 0 saturated carbocycles. The van der Waals surface area contributed by atoms with Crippen LogP contribution in [0.2, 0.25) is 0 Å². The molecule has 0 aromatic heterocycles. The van der Waals surface area contributed by atoms with E-state index in [0.717, 1.165) is 22.3 Å². The Morgan fingerprint density at radius 1 is 1.06 bits per heavy atom. The summed E-state index contributed by atoms with van der Waals surface area (Å²) < 4.78 is 11.1. The number of hydrogen-bond acceptors (Lipinski definition) is 5. The molecule has 3 N–H and O–H groups in total. The number of amides is 2. The van der Waals surface area contributed by atoms with Gasteiger partial charge < -0.3 is 25.2 Å². The molecule has 1 aliphatic heterocycles. The van der Waals surface area contributed by atoms with Crippen LogP contribution in [-0.2, 0) is 19.1 Å². The van der Waals surface area contributed by atoms with E-state index in [9.17, 15) is 14.4 Å². The minimum absolute atomic E-state index is 0.0465. The van der Waals surface area contributed by atoms with Crippen LogP contribution in [0.5, 0.6) is 0 Å². The number of fused-ring (bicyclic) bond motifs is 3. The normalized spacial score (nSPS) is 17.1. The Labute approximate surface area is 205 Å². The second-order valence-corrected chi connectivity index (χ2v) is 9.25. The fraction of sp³-hybridized carbons (Fsp3) is 0.444. The zero-order valence-corrected chi connectivity index (χ0v) is 19.9. The van der Waals surface area contributed by atoms with Gasteiger partial charge in [0.25, 0.3) is 0 Å². The molecule has 1 aliphatic carbocycles. The Kier molecular flexibility index (Phi) is 7.70. The Morgan fingerprint density at radius 2 is 1.66 bits per heavy atom. The van der Waals surface area contributed by atoms with Gasteiger partial charge in [0.2, 0.25) is 5.91 Å². The number of carboxylic acids is 1. The fourth-order valence-electron chi connectivity index (χ4n) is 4.98. The number of carbonyl (C=O) groups excluding carboxylic acids is 2. The first-order valence-corrected chi connectivity index (χ1v) is 12.1. The summed E-state index contributed by atoms with van der Waals surface area (Å²) >= 11 is 0. The first-order chi connectivity index (χ1) is 16.9. The largest absolute Gasteiger partial charge is 0.481 e. The molecule has 0 bridgehead atoms. The highest BCUT2D eigenvalue weighted by molar-refractivity contribution is 5.84. The van der Waals surface area contributed by atoms with Crippen LogP contribution in [0.15, 0.2) is 48.5 Å². The maximum atomic E-state index is 13.2. The molecule has 8 nitrogen and oxygen atoms in total. The number of carboxylic acid groups (broad SMARTS) is 1. The van der Waals surface area contributed by atoms with E-state index >= 15 is 0 Å². The second-order valence-electron chi connectivity index (χ2n) is 9.25. The molecule has 2 amide bonds. The first kappa shape index (κ1) is 24.7. The number of hydrogen-bond donors (Lipinski definition) is 3. The number of aliphatic carboxylic acids is 1. The van der Waals surface area contributed by atoms with Gasteiger partial charge in [0, 0.05) is 31.7 Å². The van der Waals surface area contributed by atoms with E-state index in [2.05, 4.69) is 34.9 Å². The van der Waals surface area contributed by atoms with Crippen LogP contribution in [-0.4, -0.2) is 55.5 Å². The van der Waals surface area contributed by atoms with E-state index < -0.39 is 23.5 Å². The van der Waals surface area contributed by atoms with E-state index in [4.69, 9.17) is 14.6 Å². The molecule has 186 valence electrons. The number of alkyl carbamates (subject to hydrolysis) is 1. The maximum Gasteiger partial charge on any atom is 0.407 e. The van der Waals surface area contributed by atoms with Crippen LogP contribution in [0.3, 0.4) is 0 Å². The van der Waals surface area contributed by atoms with Gasteiger partial charge in [-0.2, -0.15) is 0 Å². The number of benzene rings is 2. The van der Waals surface area contributed by atoms with Crippen molar-refractivity contribution in [1.29, 1.82) is 0 Å². The van der Waals surface area contributed by atoms with Gasteiger partial charge in [-0.05, 0) is 41.5 Å². The maximum absolute atomic E-state index is 13.2. The number of rotatable bonds is 9. The van der Waals surface area contributed by atoms with Crippen LogP contribution in [0, 0.1) is 5.41 Å². The third-order valence-corrected chi connectivity index (χ3v) is 7.10. The number of nitrogens with one attached hydrogen (secondary N) is 2. The highest BCUT2D eigenvalue weighted by Crippen LogP contribution is 2.44. The van der Waals surface area contributed by atoms with Gasteiger partial charge in [0.1, 0.15) is 6.61 Å². The van der Waals surface area contributed by atoms with Crippen molar-refractivity contribution in [3.63, 3.8) is 0 Å². The molecule has 1 heterocycles. The van der Waals surface area contributed by atoms with Crippen LogP contribution < -0.4 is 10.6 Å². The van der Waals surface area contributed by atoms with Crippen molar-refractivity contribution in [2.24, 2.45) is 5.41 Å². The summed E-state index contributed by atoms with van der Waals surface area (Å²) in [5, 5.41) is 14.8. The van der Waals surface area contributed by atoms with Gasteiger partial charge in [-0.25, -0.2) is 4.79 Å². The molecule has 2 aliphatic rings. The number of carbonyl (C=O) groups is 3. The zero-order chi connectivity index (χ0) is 24.8. The molecular weight excluding hydrogens is 448 g/mol. The van der Waals surface area contributed by atoms with Crippen molar-refractivity contribution >= 4 is 18.0 Å². The molecule has 1 saturated heterocycles. The van der Waals surface area contributed by atoms with Gasteiger partial charge in [0.15, 0.2) is 0 Å². The fourth-order valence-corrected chi connectivity index (χ4v) is 4.98. The average molecular weight is 481 g/mol. The van der Waals surface area contributed by atoms with Gasteiger partial charge in [0.05, 0.1) is 11.8 Å². The van der Waals surface area contributed by atoms with Crippen molar-refractivity contribution in [1.82, 2.24) is 10.6 Å². The minimum atomic E-state index is -0.963. The lowest BCUT2D eigenvalue weighted by Crippen LogP contribution is -2.53. The Balaban J connectivity index is 1.38. The quantitative estimate of drug-likeness (QED) is 0.504. The van der Waals surface area contributed by atoms with E-state index in [1.54, 1.807) is 0 Å². The highest BCUT2D eigenvalue weighted by Gasteiger charge is 2.41. The van der Waals surface area contributed by atoms with Crippen molar-refractivity contribution < 1.29 is 29.0 Å². The lowest BCUT2D eigenvalue weighted by molar-refractivity contribution is -0.139. The third kappa shape index (κ3) is 5.48. The Hall–Kier alpha value is -3.39. The van der Waals surface area contributed by atoms with Crippen molar-refractivity contribution in [2.45, 2.75) is 44.6 Å². The van der Waals surface area contributed by atoms with Gasteiger partial charge in [-0.3, -0.25) is 9.59 Å². The molecule has 1 fully saturated rings. The van der Waals surface area contributed by atoms with Gasteiger partial charge in [-0.1, -0.05) is 55.5 Å². The van der Waals surface area contributed by atoms with E-state index in [1.165, 1.54) is 0 Å². The van der Waals surface area contributed by atoms with E-state index in [0.29, 0.717) is 32.5 Å². The molecule has 0 unspecified atom stereocenters. The summed E-state index contributed by atoms with van der Waals surface area (Å²) in [4.78, 5) is 37.0. The molecule has 0 spiro atoms. The average Bonchev–Trinajstić information content (AvgIpc) is 3.19. The summed E-state index contributed by atoms with van der Waals surface area (Å²) in [6.45, 7) is 2.92. The summed E-state index contributed by atoms with van der Waals surface area (Å²) in [5.41, 5.74) is 3.70. The Morgan fingerprint density at radius 3 is 2.23 bits per heavy atom. The summed E-state index contributed by atoms with van der Waals surface area (Å²) in [6.07, 6.45) is 0.653. The van der Waals surface area contributed by atoms with E-state index in [1.807, 2.05) is 31.2 Å². The van der Waals surface area contributed by atoms with Gasteiger partial charge in [-0.15, -0.1) is 0 Å². The topological polar surface area (TPSA) is 114 Å². The predicted octanol–water partition coefficient (Wildman–Crippen LogP) is 3.69. The molecule has 1 atom stereocenters. The van der Waals surface area contributed by atoms with Gasteiger partial charge >= 0.3 is 12.1 Å². The van der Waals surface area contributed by atoms with Crippen LogP contribution in [0.4, 0.5) is 4.79 Å². The summed E-state index contributed by atoms with van der Waals surface area (Å²) in [7, 11) is 0. The zero-order valence-electron chi connectivity index (χ0n) is 19.9. The molecule has 2 aromatic rings. The van der Waals surface area contributed by atoms with Crippen molar-refractivity contribution in [2.75, 3.05) is 26.4 Å². The molecule has 8 heteroatoms. The predicted molar refractivity (Wildman–Crippen MR) is 130 cm³/mol. The molecule has 4 rings (SSSR count). The minimum Gasteiger partial charge on any atom is -0.481 e. The monoisotopic (exact) mass is 480 g/mol. The van der Waals surface area contributed by atoms with Crippen LogP contribution >= 0.6 is 0 Å². The van der Waals surface area contributed by atoms with E-state index in [-0.39, 0.29) is 31.4 Å². The molecular formula is C27H32N2O6. The molecule has 2 aromatic carbocycles. The number of ether oxygens (including phenoxy) is 2. The highest BCUT2D eigenvalue weighted by atomic mass is 16.5. The van der Waals surface area contributed by atoms with Crippen molar-refractivity contribution in [3.05, 3.63) is 59.7 Å². The molecule has 35 heavy (non-hydrogen) atoms. The van der Waals surface area contributed by atoms with Crippen LogP contribution in [0.1, 0.15) is 49.7 Å². The van der Waals surface area contributed by atoms with Crippen molar-refractivity contribution in [3.8, 4) is 11.1 Å².